The van der Waals surface area contributed by atoms with Crippen molar-refractivity contribution < 1.29 is 9.13 Å². The summed E-state index contributed by atoms with van der Waals surface area (Å²) in [6, 6.07) is 4.61. The molecule has 1 heterocycles. The summed E-state index contributed by atoms with van der Waals surface area (Å²) >= 11 is 4.46. The maximum atomic E-state index is 13.1. The predicted octanol–water partition coefficient (Wildman–Crippen LogP) is 4.15. The second kappa shape index (κ2) is 4.28. The van der Waals surface area contributed by atoms with E-state index in [9.17, 15) is 4.39 Å². The molecule has 0 aliphatic rings. The molecular weight excluding hydrogens is 281 g/mol. The first-order valence-corrected chi connectivity index (χ1v) is 5.87. The second-order valence-corrected chi connectivity index (χ2v) is 4.61. The Morgan fingerprint density at radius 1 is 1.47 bits per heavy atom. The summed E-state index contributed by atoms with van der Waals surface area (Å²) in [5, 5.41) is 2.40. The van der Waals surface area contributed by atoms with Crippen molar-refractivity contribution in [2.75, 3.05) is 0 Å². The van der Waals surface area contributed by atoms with Gasteiger partial charge in [-0.3, -0.25) is 0 Å². The molecule has 0 unspecified atom stereocenters. The third kappa shape index (κ3) is 2.54. The lowest BCUT2D eigenvalue weighted by Gasteiger charge is -2.01. The predicted molar refractivity (Wildman–Crippen MR) is 61.0 cm³/mol. The molecule has 2 aromatic rings. The van der Waals surface area contributed by atoms with Gasteiger partial charge in [-0.15, -0.1) is 0 Å². The quantitative estimate of drug-likeness (QED) is 0.828. The van der Waals surface area contributed by atoms with E-state index in [1.54, 1.807) is 12.1 Å². The highest BCUT2D eigenvalue weighted by atomic mass is 79.9. The molecule has 0 aliphatic heterocycles. The lowest BCUT2D eigenvalue weighted by molar-refractivity contribution is 0.472. The highest BCUT2D eigenvalue weighted by Gasteiger charge is 2.04. The van der Waals surface area contributed by atoms with E-state index in [-0.39, 0.29) is 5.82 Å². The number of aryl methyl sites for hydroxylation is 1. The molecule has 2 rings (SSSR count). The van der Waals surface area contributed by atoms with Gasteiger partial charge in [-0.05, 0) is 35.0 Å². The molecule has 0 fully saturated rings. The van der Waals surface area contributed by atoms with Crippen molar-refractivity contribution in [3.8, 4) is 10.9 Å². The van der Waals surface area contributed by atoms with E-state index < -0.39 is 0 Å². The van der Waals surface area contributed by atoms with Crippen LogP contribution in [-0.2, 0) is 0 Å². The lowest BCUT2D eigenvalue weighted by Crippen LogP contribution is -1.85. The first kappa shape index (κ1) is 10.6. The van der Waals surface area contributed by atoms with Gasteiger partial charge >= 0.3 is 0 Å². The van der Waals surface area contributed by atoms with E-state index in [0.29, 0.717) is 15.4 Å². The number of rotatable bonds is 2. The molecule has 0 saturated heterocycles. The molecule has 0 saturated carbocycles. The molecular formula is C10H7BrFNOS. The van der Waals surface area contributed by atoms with E-state index >= 15 is 0 Å². The lowest BCUT2D eigenvalue weighted by atomic mass is 10.3. The summed E-state index contributed by atoms with van der Waals surface area (Å²) in [5.74, 6) is 0.103. The third-order valence-corrected chi connectivity index (χ3v) is 3.17. The standard InChI is InChI=1S/C10H7BrFNOS/c1-6-5-15-10(13-6)14-7-2-3-8(11)9(12)4-7/h2-5H,1H3. The summed E-state index contributed by atoms with van der Waals surface area (Å²) in [5.41, 5.74) is 0.896. The molecule has 0 spiro atoms. The largest absolute Gasteiger partial charge is 0.431 e. The van der Waals surface area contributed by atoms with Gasteiger partial charge in [0.2, 0.25) is 0 Å². The van der Waals surface area contributed by atoms with Crippen LogP contribution in [0.2, 0.25) is 0 Å². The monoisotopic (exact) mass is 287 g/mol. The van der Waals surface area contributed by atoms with Gasteiger partial charge in [0, 0.05) is 11.4 Å². The minimum absolute atomic E-state index is 0.347. The van der Waals surface area contributed by atoms with E-state index in [4.69, 9.17) is 4.74 Å². The molecule has 0 radical (unpaired) electrons. The molecule has 0 aliphatic carbocycles. The van der Waals surface area contributed by atoms with E-state index in [0.717, 1.165) is 5.69 Å². The summed E-state index contributed by atoms with van der Waals surface area (Å²) in [6.45, 7) is 1.88. The Morgan fingerprint density at radius 2 is 2.27 bits per heavy atom. The van der Waals surface area contributed by atoms with Gasteiger partial charge in [0.05, 0.1) is 10.2 Å². The van der Waals surface area contributed by atoms with Crippen molar-refractivity contribution in [2.45, 2.75) is 6.92 Å². The van der Waals surface area contributed by atoms with Crippen molar-refractivity contribution in [1.82, 2.24) is 4.98 Å². The maximum absolute atomic E-state index is 13.1. The fraction of sp³-hybridized carbons (Fsp3) is 0.100. The van der Waals surface area contributed by atoms with E-state index in [1.165, 1.54) is 17.4 Å². The molecule has 1 aromatic heterocycles. The van der Waals surface area contributed by atoms with Gasteiger partial charge in [-0.1, -0.05) is 11.3 Å². The van der Waals surface area contributed by atoms with Crippen molar-refractivity contribution in [3.05, 3.63) is 39.6 Å². The minimum Gasteiger partial charge on any atom is -0.431 e. The summed E-state index contributed by atoms with van der Waals surface area (Å²) in [4.78, 5) is 4.12. The Morgan fingerprint density at radius 3 is 2.87 bits per heavy atom. The number of hydrogen-bond acceptors (Lipinski definition) is 3. The molecule has 0 atom stereocenters. The third-order valence-electron chi connectivity index (χ3n) is 1.69. The first-order valence-electron chi connectivity index (χ1n) is 4.20. The molecule has 0 amide bonds. The Balaban J connectivity index is 2.21. The Hall–Kier alpha value is -0.940. The van der Waals surface area contributed by atoms with Gasteiger partial charge in [0.15, 0.2) is 0 Å². The van der Waals surface area contributed by atoms with Crippen LogP contribution in [0, 0.1) is 12.7 Å². The number of halogens is 2. The van der Waals surface area contributed by atoms with Crippen molar-refractivity contribution in [2.24, 2.45) is 0 Å². The molecule has 5 heteroatoms. The second-order valence-electron chi connectivity index (χ2n) is 2.93. The Kier molecular flexibility index (Phi) is 3.02. The number of benzene rings is 1. The maximum Gasteiger partial charge on any atom is 0.278 e. The van der Waals surface area contributed by atoms with Crippen molar-refractivity contribution in [3.63, 3.8) is 0 Å². The Bertz CT molecular complexity index is 486. The van der Waals surface area contributed by atoms with Gasteiger partial charge in [0.25, 0.3) is 5.19 Å². The smallest absolute Gasteiger partial charge is 0.278 e. The number of nitrogens with zero attached hydrogens (tertiary/aromatic N) is 1. The Labute approximate surface area is 98.9 Å². The zero-order valence-electron chi connectivity index (χ0n) is 7.83. The molecule has 1 aromatic carbocycles. The topological polar surface area (TPSA) is 22.1 Å². The van der Waals surface area contributed by atoms with Crippen LogP contribution in [0.25, 0.3) is 0 Å². The average Bonchev–Trinajstić information content (AvgIpc) is 2.58. The van der Waals surface area contributed by atoms with Crippen LogP contribution in [0.4, 0.5) is 4.39 Å². The van der Waals surface area contributed by atoms with Crippen LogP contribution >= 0.6 is 27.3 Å². The van der Waals surface area contributed by atoms with Gasteiger partial charge < -0.3 is 4.74 Å². The molecule has 2 nitrogen and oxygen atoms in total. The van der Waals surface area contributed by atoms with E-state index in [2.05, 4.69) is 20.9 Å². The van der Waals surface area contributed by atoms with Crippen LogP contribution in [0.5, 0.6) is 10.9 Å². The number of aromatic nitrogens is 1. The number of thiazole rings is 1. The fourth-order valence-electron chi connectivity index (χ4n) is 1.02. The van der Waals surface area contributed by atoms with Gasteiger partial charge in [-0.25, -0.2) is 9.37 Å². The molecule has 0 bridgehead atoms. The van der Waals surface area contributed by atoms with Gasteiger partial charge in [-0.2, -0.15) is 0 Å². The molecule has 0 N–H and O–H groups in total. The zero-order chi connectivity index (χ0) is 10.8. The van der Waals surface area contributed by atoms with Crippen LogP contribution in [0.1, 0.15) is 5.69 Å². The molecule has 15 heavy (non-hydrogen) atoms. The summed E-state index contributed by atoms with van der Waals surface area (Å²) in [7, 11) is 0. The van der Waals surface area contributed by atoms with Gasteiger partial charge in [0.1, 0.15) is 11.6 Å². The zero-order valence-corrected chi connectivity index (χ0v) is 10.2. The van der Waals surface area contributed by atoms with Crippen LogP contribution in [0.15, 0.2) is 28.1 Å². The highest BCUT2D eigenvalue weighted by Crippen LogP contribution is 2.27. The normalized spacial score (nSPS) is 10.3. The highest BCUT2D eigenvalue weighted by molar-refractivity contribution is 9.10. The van der Waals surface area contributed by atoms with E-state index in [1.807, 2.05) is 12.3 Å². The minimum atomic E-state index is -0.347. The van der Waals surface area contributed by atoms with Crippen molar-refractivity contribution in [1.29, 1.82) is 0 Å². The summed E-state index contributed by atoms with van der Waals surface area (Å²) < 4.78 is 18.9. The molecule has 78 valence electrons. The number of ether oxygens (including phenoxy) is 1. The first-order chi connectivity index (χ1) is 7.15. The van der Waals surface area contributed by atoms with Crippen LogP contribution < -0.4 is 4.74 Å². The summed E-state index contributed by atoms with van der Waals surface area (Å²) in [6.07, 6.45) is 0. The average molecular weight is 288 g/mol. The SMILES string of the molecule is Cc1csc(Oc2ccc(Br)c(F)c2)n1. The number of hydrogen-bond donors (Lipinski definition) is 0. The van der Waals surface area contributed by atoms with Crippen LogP contribution in [0.3, 0.4) is 0 Å². The fourth-order valence-corrected chi connectivity index (χ4v) is 1.93. The van der Waals surface area contributed by atoms with Crippen molar-refractivity contribution >= 4 is 27.3 Å². The van der Waals surface area contributed by atoms with Crippen LogP contribution in [-0.4, -0.2) is 4.98 Å².